The van der Waals surface area contributed by atoms with E-state index in [2.05, 4.69) is 17.2 Å². The quantitative estimate of drug-likeness (QED) is 0.581. The first kappa shape index (κ1) is 15.4. The van der Waals surface area contributed by atoms with Gasteiger partial charge in [-0.25, -0.2) is 0 Å². The topological polar surface area (TPSA) is 50.7 Å². The molecule has 1 unspecified atom stereocenters. The van der Waals surface area contributed by atoms with E-state index in [-0.39, 0.29) is 0 Å². The highest BCUT2D eigenvalue weighted by molar-refractivity contribution is 5.41. The molecule has 0 fully saturated rings. The molecule has 0 radical (unpaired) electrons. The highest BCUT2D eigenvalue weighted by atomic mass is 16.5. The molecule has 0 spiro atoms. The van der Waals surface area contributed by atoms with Crippen molar-refractivity contribution in [1.29, 1.82) is 0 Å². The Labute approximate surface area is 114 Å². The van der Waals surface area contributed by atoms with Crippen LogP contribution in [-0.4, -0.2) is 32.4 Å². The third-order valence-corrected chi connectivity index (χ3v) is 2.74. The van der Waals surface area contributed by atoms with Crippen molar-refractivity contribution in [2.24, 2.45) is 0 Å². The number of rotatable bonds is 7. The van der Waals surface area contributed by atoms with Gasteiger partial charge in [-0.2, -0.15) is 0 Å². The predicted octanol–water partition coefficient (Wildman–Crippen LogP) is 1.74. The first-order valence-electron chi connectivity index (χ1n) is 6.23. The second kappa shape index (κ2) is 8.41. The molecule has 0 aromatic heterocycles. The fraction of sp³-hybridized carbons (Fsp3) is 0.467. The Balaban J connectivity index is 2.62. The number of ether oxygens (including phenoxy) is 2. The molecule has 0 saturated heterocycles. The highest BCUT2D eigenvalue weighted by Crippen LogP contribution is 2.28. The van der Waals surface area contributed by atoms with Crippen molar-refractivity contribution in [3.8, 4) is 23.3 Å². The lowest BCUT2D eigenvalue weighted by Crippen LogP contribution is -2.22. The number of hydrogen-bond donors (Lipinski definition) is 2. The zero-order valence-electron chi connectivity index (χ0n) is 11.7. The van der Waals surface area contributed by atoms with Crippen molar-refractivity contribution in [2.75, 3.05) is 27.3 Å². The molecule has 1 rings (SSSR count). The van der Waals surface area contributed by atoms with Gasteiger partial charge in [-0.3, -0.25) is 0 Å². The largest absolute Gasteiger partial charge is 0.497 e. The minimum absolute atomic E-state index is 0.453. The molecule has 104 valence electrons. The summed E-state index contributed by atoms with van der Waals surface area (Å²) in [5.74, 6) is 7.15. The van der Waals surface area contributed by atoms with Crippen LogP contribution in [0.5, 0.6) is 11.5 Å². The Hall–Kier alpha value is -1.70. The number of aliphatic hydroxyl groups is 1. The minimum Gasteiger partial charge on any atom is -0.497 e. The van der Waals surface area contributed by atoms with E-state index in [4.69, 9.17) is 9.47 Å². The van der Waals surface area contributed by atoms with Crippen molar-refractivity contribution in [1.82, 2.24) is 5.32 Å². The molecule has 0 heterocycles. The number of methoxy groups -OCH3 is 2. The van der Waals surface area contributed by atoms with Crippen LogP contribution >= 0.6 is 0 Å². The molecule has 0 aliphatic carbocycles. The van der Waals surface area contributed by atoms with Gasteiger partial charge in [0.15, 0.2) is 0 Å². The predicted molar refractivity (Wildman–Crippen MR) is 75.4 cm³/mol. The molecule has 0 amide bonds. The van der Waals surface area contributed by atoms with Crippen LogP contribution in [0.4, 0.5) is 0 Å². The summed E-state index contributed by atoms with van der Waals surface area (Å²) in [6, 6.07) is 5.39. The lowest BCUT2D eigenvalue weighted by atomic mass is 10.1. The lowest BCUT2D eigenvalue weighted by Gasteiger charge is -2.16. The average Bonchev–Trinajstić information content (AvgIpc) is 2.46. The summed E-state index contributed by atoms with van der Waals surface area (Å²) >= 11 is 0. The molecule has 19 heavy (non-hydrogen) atoms. The van der Waals surface area contributed by atoms with Gasteiger partial charge < -0.3 is 19.9 Å². The second-order valence-electron chi connectivity index (χ2n) is 4.00. The molecule has 1 aromatic rings. The minimum atomic E-state index is -0.639. The molecule has 1 atom stereocenters. The van der Waals surface area contributed by atoms with Gasteiger partial charge in [-0.05, 0) is 25.1 Å². The molecular weight excluding hydrogens is 242 g/mol. The van der Waals surface area contributed by atoms with E-state index in [1.807, 2.05) is 6.92 Å². The normalized spacial score (nSPS) is 11.4. The van der Waals surface area contributed by atoms with E-state index in [0.29, 0.717) is 18.0 Å². The maximum absolute atomic E-state index is 10.2. The van der Waals surface area contributed by atoms with Gasteiger partial charge in [-0.1, -0.05) is 0 Å². The summed E-state index contributed by atoms with van der Waals surface area (Å²) in [4.78, 5) is 0. The summed E-state index contributed by atoms with van der Waals surface area (Å²) < 4.78 is 10.4. The molecule has 2 N–H and O–H groups in total. The number of benzene rings is 1. The summed E-state index contributed by atoms with van der Waals surface area (Å²) in [6.45, 7) is 3.02. The Morgan fingerprint density at radius 2 is 2.11 bits per heavy atom. The summed E-state index contributed by atoms with van der Waals surface area (Å²) in [7, 11) is 3.18. The van der Waals surface area contributed by atoms with E-state index < -0.39 is 6.10 Å². The smallest absolute Gasteiger partial charge is 0.124 e. The zero-order chi connectivity index (χ0) is 14.1. The molecule has 1 aromatic carbocycles. The molecular formula is C15H21NO3. The van der Waals surface area contributed by atoms with E-state index in [1.165, 1.54) is 0 Å². The van der Waals surface area contributed by atoms with Crippen LogP contribution in [0.15, 0.2) is 18.2 Å². The van der Waals surface area contributed by atoms with Crippen LogP contribution < -0.4 is 14.8 Å². The monoisotopic (exact) mass is 263 g/mol. The zero-order valence-corrected chi connectivity index (χ0v) is 11.7. The van der Waals surface area contributed by atoms with Gasteiger partial charge in [-0.15, -0.1) is 11.8 Å². The van der Waals surface area contributed by atoms with Gasteiger partial charge in [0, 0.05) is 25.1 Å². The van der Waals surface area contributed by atoms with Gasteiger partial charge in [0.25, 0.3) is 0 Å². The van der Waals surface area contributed by atoms with Crippen LogP contribution in [0, 0.1) is 11.8 Å². The number of nitrogens with one attached hydrogen (secondary N) is 1. The van der Waals surface area contributed by atoms with Crippen molar-refractivity contribution in [3.05, 3.63) is 23.8 Å². The Kier molecular flexibility index (Phi) is 6.80. The average molecular weight is 263 g/mol. The van der Waals surface area contributed by atoms with E-state index in [0.717, 1.165) is 18.5 Å². The third-order valence-electron chi connectivity index (χ3n) is 2.74. The fourth-order valence-corrected chi connectivity index (χ4v) is 1.72. The van der Waals surface area contributed by atoms with Crippen molar-refractivity contribution in [3.63, 3.8) is 0 Å². The van der Waals surface area contributed by atoms with Crippen LogP contribution in [0.3, 0.4) is 0 Å². The van der Waals surface area contributed by atoms with Gasteiger partial charge in [0.05, 0.1) is 20.3 Å². The van der Waals surface area contributed by atoms with E-state index in [1.54, 1.807) is 32.4 Å². The summed E-state index contributed by atoms with van der Waals surface area (Å²) in [5.41, 5.74) is 0.718. The number of hydrogen-bond acceptors (Lipinski definition) is 4. The first-order valence-corrected chi connectivity index (χ1v) is 6.23. The van der Waals surface area contributed by atoms with Crippen molar-refractivity contribution >= 4 is 0 Å². The molecule has 4 nitrogen and oxygen atoms in total. The SMILES string of the molecule is CC#CCCNCC(O)c1cc(OC)ccc1OC. The first-order chi connectivity index (χ1) is 9.22. The van der Waals surface area contributed by atoms with Crippen molar-refractivity contribution < 1.29 is 14.6 Å². The van der Waals surface area contributed by atoms with Gasteiger partial charge in [0.1, 0.15) is 11.5 Å². The van der Waals surface area contributed by atoms with Crippen LogP contribution in [0.25, 0.3) is 0 Å². The standard InChI is InChI=1S/C15H21NO3/c1-4-5-6-9-16-11-14(17)13-10-12(18-2)7-8-15(13)19-3/h7-8,10,14,16-17H,6,9,11H2,1-3H3. The lowest BCUT2D eigenvalue weighted by molar-refractivity contribution is 0.170. The Bertz CT molecular complexity index is 448. The Morgan fingerprint density at radius 1 is 1.32 bits per heavy atom. The van der Waals surface area contributed by atoms with Crippen LogP contribution in [-0.2, 0) is 0 Å². The second-order valence-corrected chi connectivity index (χ2v) is 4.00. The van der Waals surface area contributed by atoms with E-state index >= 15 is 0 Å². The van der Waals surface area contributed by atoms with Crippen LogP contribution in [0.1, 0.15) is 25.0 Å². The van der Waals surface area contributed by atoms with Gasteiger partial charge in [0.2, 0.25) is 0 Å². The molecule has 0 saturated carbocycles. The molecule has 4 heteroatoms. The summed E-state index contributed by atoms with van der Waals surface area (Å²) in [5, 5.41) is 13.3. The fourth-order valence-electron chi connectivity index (χ4n) is 1.72. The molecule has 0 aliphatic heterocycles. The molecule has 0 bridgehead atoms. The molecule has 0 aliphatic rings. The van der Waals surface area contributed by atoms with Crippen LogP contribution in [0.2, 0.25) is 0 Å². The summed E-state index contributed by atoms with van der Waals surface area (Å²) in [6.07, 6.45) is 0.137. The maximum atomic E-state index is 10.2. The van der Waals surface area contributed by atoms with Crippen molar-refractivity contribution in [2.45, 2.75) is 19.4 Å². The van der Waals surface area contributed by atoms with Gasteiger partial charge >= 0.3 is 0 Å². The highest BCUT2D eigenvalue weighted by Gasteiger charge is 2.13. The van der Waals surface area contributed by atoms with E-state index in [9.17, 15) is 5.11 Å². The number of aliphatic hydroxyl groups excluding tert-OH is 1. The maximum Gasteiger partial charge on any atom is 0.124 e. The third kappa shape index (κ3) is 4.82. The Morgan fingerprint density at radius 3 is 2.74 bits per heavy atom.